The normalized spacial score (nSPS) is 10.2. The highest BCUT2D eigenvalue weighted by molar-refractivity contribution is 5.52. The number of anilines is 1. The zero-order valence-corrected chi connectivity index (χ0v) is 7.04. The zero-order chi connectivity index (χ0) is 9.14. The number of phenols is 1. The molecule has 0 unspecified atom stereocenters. The number of rotatable bonds is 2. The zero-order valence-electron chi connectivity index (χ0n) is 7.04. The minimum Gasteiger partial charge on any atom is -0.508 e. The van der Waals surface area contributed by atoms with Gasteiger partial charge in [0.25, 0.3) is 0 Å². The second kappa shape index (κ2) is 3.45. The quantitative estimate of drug-likeness (QED) is 0.571. The third-order valence-corrected chi connectivity index (χ3v) is 1.89. The number of nitrogen functional groups attached to an aromatic ring is 1. The minimum atomic E-state index is 0.0731. The van der Waals surface area contributed by atoms with Crippen molar-refractivity contribution in [1.29, 1.82) is 0 Å². The maximum Gasteiger partial charge on any atom is 0.120 e. The first-order valence-corrected chi connectivity index (χ1v) is 3.84. The van der Waals surface area contributed by atoms with Gasteiger partial charge in [0.15, 0.2) is 0 Å². The molecule has 0 amide bonds. The van der Waals surface area contributed by atoms with Crippen molar-refractivity contribution in [3.05, 3.63) is 23.3 Å². The first-order chi connectivity index (χ1) is 5.65. The molecule has 1 aromatic carbocycles. The number of hydrogen-bond donors (Lipinski definition) is 3. The fourth-order valence-corrected chi connectivity index (χ4v) is 1.16. The molecule has 3 heteroatoms. The van der Waals surface area contributed by atoms with E-state index in [9.17, 15) is 5.11 Å². The number of benzene rings is 1. The van der Waals surface area contributed by atoms with Gasteiger partial charge in [-0.05, 0) is 30.5 Å². The largest absolute Gasteiger partial charge is 0.508 e. The molecule has 0 heterocycles. The van der Waals surface area contributed by atoms with Gasteiger partial charge >= 0.3 is 0 Å². The van der Waals surface area contributed by atoms with Crippen LogP contribution in [0.4, 0.5) is 5.69 Å². The van der Waals surface area contributed by atoms with E-state index in [2.05, 4.69) is 0 Å². The summed E-state index contributed by atoms with van der Waals surface area (Å²) < 4.78 is 0. The third-order valence-electron chi connectivity index (χ3n) is 1.89. The molecule has 1 rings (SSSR count). The molecule has 12 heavy (non-hydrogen) atoms. The van der Waals surface area contributed by atoms with Gasteiger partial charge in [0.2, 0.25) is 0 Å². The lowest BCUT2D eigenvalue weighted by molar-refractivity contribution is 0.299. The van der Waals surface area contributed by atoms with Gasteiger partial charge in [0, 0.05) is 18.4 Å². The summed E-state index contributed by atoms with van der Waals surface area (Å²) in [5.74, 6) is 0.193. The van der Waals surface area contributed by atoms with E-state index in [1.54, 1.807) is 13.0 Å². The summed E-state index contributed by atoms with van der Waals surface area (Å²) in [6.45, 7) is 1.88. The Hall–Kier alpha value is -1.22. The van der Waals surface area contributed by atoms with Crippen molar-refractivity contribution in [2.24, 2.45) is 0 Å². The Bertz CT molecular complexity index is 284. The van der Waals surface area contributed by atoms with E-state index in [0.29, 0.717) is 12.1 Å². The highest BCUT2D eigenvalue weighted by atomic mass is 16.3. The van der Waals surface area contributed by atoms with Gasteiger partial charge in [-0.2, -0.15) is 0 Å². The summed E-state index contributed by atoms with van der Waals surface area (Å²) >= 11 is 0. The molecule has 0 radical (unpaired) electrons. The smallest absolute Gasteiger partial charge is 0.120 e. The standard InChI is InChI=1S/C9H13NO2/c1-6-7(2-3-11)4-8(10)5-9(6)12/h4-5,11-12H,2-3,10H2,1H3. The summed E-state index contributed by atoms with van der Waals surface area (Å²) in [6, 6.07) is 3.28. The van der Waals surface area contributed by atoms with E-state index in [4.69, 9.17) is 10.8 Å². The molecule has 0 spiro atoms. The van der Waals surface area contributed by atoms with Crippen molar-refractivity contribution < 1.29 is 10.2 Å². The van der Waals surface area contributed by atoms with Crippen LogP contribution in [0.2, 0.25) is 0 Å². The average molecular weight is 167 g/mol. The minimum absolute atomic E-state index is 0.0731. The summed E-state index contributed by atoms with van der Waals surface area (Å²) in [5.41, 5.74) is 7.73. The Labute approximate surface area is 71.5 Å². The summed E-state index contributed by atoms with van der Waals surface area (Å²) in [7, 11) is 0. The van der Waals surface area contributed by atoms with Crippen LogP contribution < -0.4 is 5.73 Å². The van der Waals surface area contributed by atoms with Crippen molar-refractivity contribution in [2.45, 2.75) is 13.3 Å². The van der Waals surface area contributed by atoms with Crippen molar-refractivity contribution in [1.82, 2.24) is 0 Å². The Morgan fingerprint density at radius 1 is 1.42 bits per heavy atom. The number of aliphatic hydroxyl groups excluding tert-OH is 1. The lowest BCUT2D eigenvalue weighted by Crippen LogP contribution is -1.96. The SMILES string of the molecule is Cc1c(O)cc(N)cc1CCO. The fourth-order valence-electron chi connectivity index (χ4n) is 1.16. The van der Waals surface area contributed by atoms with Gasteiger partial charge < -0.3 is 15.9 Å². The maximum absolute atomic E-state index is 9.35. The lowest BCUT2D eigenvalue weighted by Gasteiger charge is -2.07. The average Bonchev–Trinajstić information content (AvgIpc) is 2.00. The van der Waals surface area contributed by atoms with Gasteiger partial charge in [0.05, 0.1) is 0 Å². The molecule has 4 N–H and O–H groups in total. The van der Waals surface area contributed by atoms with E-state index in [1.165, 1.54) is 6.07 Å². The monoisotopic (exact) mass is 167 g/mol. The van der Waals surface area contributed by atoms with Crippen LogP contribution in [-0.2, 0) is 6.42 Å². The van der Waals surface area contributed by atoms with E-state index in [1.807, 2.05) is 0 Å². The molecule has 0 aromatic heterocycles. The first kappa shape index (κ1) is 8.87. The first-order valence-electron chi connectivity index (χ1n) is 3.84. The van der Waals surface area contributed by atoms with Crippen LogP contribution in [0.3, 0.4) is 0 Å². The molecular weight excluding hydrogens is 154 g/mol. The van der Waals surface area contributed by atoms with Crippen LogP contribution in [0.1, 0.15) is 11.1 Å². The van der Waals surface area contributed by atoms with Crippen LogP contribution in [0, 0.1) is 6.92 Å². The summed E-state index contributed by atoms with van der Waals surface area (Å²) in [6.07, 6.45) is 0.532. The molecule has 0 fully saturated rings. The second-order valence-corrected chi connectivity index (χ2v) is 2.80. The fraction of sp³-hybridized carbons (Fsp3) is 0.333. The Kier molecular flexibility index (Phi) is 2.55. The topological polar surface area (TPSA) is 66.5 Å². The van der Waals surface area contributed by atoms with E-state index >= 15 is 0 Å². The number of nitrogens with two attached hydrogens (primary N) is 1. The van der Waals surface area contributed by atoms with Crippen LogP contribution in [0.15, 0.2) is 12.1 Å². The van der Waals surface area contributed by atoms with Crippen molar-refractivity contribution in [3.63, 3.8) is 0 Å². The van der Waals surface area contributed by atoms with E-state index < -0.39 is 0 Å². The highest BCUT2D eigenvalue weighted by Crippen LogP contribution is 2.23. The van der Waals surface area contributed by atoms with Gasteiger partial charge in [-0.1, -0.05) is 0 Å². The predicted molar refractivity (Wildman–Crippen MR) is 48.0 cm³/mol. The Morgan fingerprint density at radius 2 is 2.08 bits per heavy atom. The molecule has 3 nitrogen and oxygen atoms in total. The van der Waals surface area contributed by atoms with E-state index in [-0.39, 0.29) is 12.4 Å². The highest BCUT2D eigenvalue weighted by Gasteiger charge is 2.03. The van der Waals surface area contributed by atoms with Crippen molar-refractivity contribution in [2.75, 3.05) is 12.3 Å². The molecule has 0 atom stereocenters. The van der Waals surface area contributed by atoms with Gasteiger partial charge in [-0.25, -0.2) is 0 Å². The molecule has 0 aliphatic rings. The Balaban J connectivity index is 3.09. The molecule has 0 aliphatic heterocycles. The molecule has 0 saturated heterocycles. The molecule has 1 aromatic rings. The molecular formula is C9H13NO2. The lowest BCUT2D eigenvalue weighted by atomic mass is 10.0. The molecule has 0 aliphatic carbocycles. The van der Waals surface area contributed by atoms with E-state index in [0.717, 1.165) is 11.1 Å². The molecule has 0 bridgehead atoms. The number of aromatic hydroxyl groups is 1. The van der Waals surface area contributed by atoms with Crippen LogP contribution in [-0.4, -0.2) is 16.8 Å². The number of hydrogen-bond acceptors (Lipinski definition) is 3. The molecule has 66 valence electrons. The van der Waals surface area contributed by atoms with Crippen molar-refractivity contribution in [3.8, 4) is 5.75 Å². The number of phenolic OH excluding ortho intramolecular Hbond substituents is 1. The maximum atomic E-state index is 9.35. The van der Waals surface area contributed by atoms with Crippen LogP contribution in [0.5, 0.6) is 5.75 Å². The molecule has 0 saturated carbocycles. The van der Waals surface area contributed by atoms with Crippen LogP contribution in [0.25, 0.3) is 0 Å². The van der Waals surface area contributed by atoms with Gasteiger partial charge in [-0.15, -0.1) is 0 Å². The predicted octanol–water partition coefficient (Wildman–Crippen LogP) is 0.818. The summed E-state index contributed by atoms with van der Waals surface area (Å²) in [4.78, 5) is 0. The third kappa shape index (κ3) is 1.68. The Morgan fingerprint density at radius 3 is 2.67 bits per heavy atom. The number of aliphatic hydroxyl groups is 1. The second-order valence-electron chi connectivity index (χ2n) is 2.80. The van der Waals surface area contributed by atoms with Gasteiger partial charge in [-0.3, -0.25) is 0 Å². The van der Waals surface area contributed by atoms with Crippen LogP contribution >= 0.6 is 0 Å². The van der Waals surface area contributed by atoms with Gasteiger partial charge in [0.1, 0.15) is 5.75 Å². The van der Waals surface area contributed by atoms with Crippen molar-refractivity contribution >= 4 is 5.69 Å². The summed E-state index contributed by atoms with van der Waals surface area (Å²) in [5, 5.41) is 18.0.